The highest BCUT2D eigenvalue weighted by Crippen LogP contribution is 2.36. The summed E-state index contributed by atoms with van der Waals surface area (Å²) in [5.74, 6) is -1.57. The van der Waals surface area contributed by atoms with Crippen molar-refractivity contribution in [1.29, 1.82) is 0 Å². The van der Waals surface area contributed by atoms with E-state index in [0.29, 0.717) is 0 Å². The van der Waals surface area contributed by atoms with Gasteiger partial charge in [0.25, 0.3) is 0 Å². The Balaban J connectivity index is 3.20. The van der Waals surface area contributed by atoms with Crippen LogP contribution in [0.1, 0.15) is 18.9 Å². The number of hydrogen-bond acceptors (Lipinski definition) is 3. The molecule has 7 heteroatoms. The first-order valence-electron chi connectivity index (χ1n) is 5.45. The van der Waals surface area contributed by atoms with Crippen LogP contribution in [0.5, 0.6) is 5.75 Å². The molecule has 106 valence electrons. The molecular formula is C12H14F3NO3. The molecule has 0 spiro atoms. The van der Waals surface area contributed by atoms with Crippen LogP contribution in [0.2, 0.25) is 0 Å². The molecule has 1 rings (SSSR count). The lowest BCUT2D eigenvalue weighted by Crippen LogP contribution is -2.35. The van der Waals surface area contributed by atoms with Crippen molar-refractivity contribution in [3.05, 3.63) is 29.8 Å². The third-order valence-electron chi connectivity index (χ3n) is 2.75. The Morgan fingerprint density at radius 1 is 1.37 bits per heavy atom. The second-order valence-corrected chi connectivity index (χ2v) is 4.38. The van der Waals surface area contributed by atoms with Crippen molar-refractivity contribution in [2.24, 2.45) is 5.73 Å². The molecule has 0 aliphatic heterocycles. The molecule has 0 saturated carbocycles. The van der Waals surface area contributed by atoms with Gasteiger partial charge in [-0.2, -0.15) is 0 Å². The van der Waals surface area contributed by atoms with Crippen molar-refractivity contribution in [3.8, 4) is 5.75 Å². The second-order valence-electron chi connectivity index (χ2n) is 4.38. The van der Waals surface area contributed by atoms with Gasteiger partial charge in [0, 0.05) is 17.5 Å². The van der Waals surface area contributed by atoms with E-state index in [4.69, 9.17) is 10.8 Å². The summed E-state index contributed by atoms with van der Waals surface area (Å²) in [7, 11) is 0. The molecule has 0 amide bonds. The normalized spacial score (nSPS) is 14.8. The van der Waals surface area contributed by atoms with Crippen molar-refractivity contribution in [2.45, 2.75) is 25.1 Å². The van der Waals surface area contributed by atoms with Crippen LogP contribution >= 0.6 is 0 Å². The Bertz CT molecular complexity index is 462. The summed E-state index contributed by atoms with van der Waals surface area (Å²) in [5.41, 5.74) is 4.51. The van der Waals surface area contributed by atoms with E-state index in [2.05, 4.69) is 4.74 Å². The van der Waals surface area contributed by atoms with Crippen LogP contribution in [0, 0.1) is 0 Å². The lowest BCUT2D eigenvalue weighted by molar-refractivity contribution is -0.275. The summed E-state index contributed by atoms with van der Waals surface area (Å²) < 4.78 is 40.8. The standard InChI is InChI=1S/C12H14F3NO3/c1-11(7-16,6-10(17)18)8-4-2-3-5-9(8)19-12(13,14)15/h2-5H,6-7,16H2,1H3,(H,17,18). The van der Waals surface area contributed by atoms with Crippen molar-refractivity contribution < 1.29 is 27.8 Å². The second kappa shape index (κ2) is 5.48. The number of halogens is 3. The first-order valence-corrected chi connectivity index (χ1v) is 5.45. The smallest absolute Gasteiger partial charge is 0.481 e. The molecular weight excluding hydrogens is 263 g/mol. The molecule has 3 N–H and O–H groups in total. The summed E-state index contributed by atoms with van der Waals surface area (Å²) in [6, 6.07) is 5.41. The molecule has 1 aromatic rings. The van der Waals surface area contributed by atoms with Crippen molar-refractivity contribution in [1.82, 2.24) is 0 Å². The van der Waals surface area contributed by atoms with Crippen molar-refractivity contribution in [2.75, 3.05) is 6.54 Å². The van der Waals surface area contributed by atoms with E-state index in [1.54, 1.807) is 0 Å². The zero-order valence-corrected chi connectivity index (χ0v) is 10.2. The van der Waals surface area contributed by atoms with Gasteiger partial charge in [-0.1, -0.05) is 25.1 Å². The highest BCUT2D eigenvalue weighted by atomic mass is 19.4. The molecule has 1 atom stereocenters. The average Bonchev–Trinajstić information content (AvgIpc) is 2.26. The van der Waals surface area contributed by atoms with Gasteiger partial charge in [-0.25, -0.2) is 0 Å². The zero-order chi connectivity index (χ0) is 14.7. The number of para-hydroxylation sites is 1. The van der Waals surface area contributed by atoms with E-state index < -0.39 is 23.5 Å². The molecule has 0 bridgehead atoms. The van der Waals surface area contributed by atoms with Gasteiger partial charge in [-0.3, -0.25) is 4.79 Å². The number of alkyl halides is 3. The lowest BCUT2D eigenvalue weighted by atomic mass is 9.79. The maximum Gasteiger partial charge on any atom is 0.573 e. The Kier molecular flexibility index (Phi) is 4.41. The number of carbonyl (C=O) groups is 1. The summed E-state index contributed by atoms with van der Waals surface area (Å²) in [5, 5.41) is 8.85. The molecule has 4 nitrogen and oxygen atoms in total. The van der Waals surface area contributed by atoms with Gasteiger partial charge < -0.3 is 15.6 Å². The molecule has 0 saturated heterocycles. The number of carboxylic acids is 1. The SMILES string of the molecule is CC(CN)(CC(=O)O)c1ccccc1OC(F)(F)F. The predicted octanol–water partition coefficient (Wildman–Crippen LogP) is 2.28. The Hall–Kier alpha value is -1.76. The number of ether oxygens (including phenoxy) is 1. The summed E-state index contributed by atoms with van der Waals surface area (Å²) in [4.78, 5) is 10.8. The van der Waals surface area contributed by atoms with E-state index in [-0.39, 0.29) is 18.5 Å². The van der Waals surface area contributed by atoms with Crippen LogP contribution < -0.4 is 10.5 Å². The quantitative estimate of drug-likeness (QED) is 0.866. The molecule has 0 fully saturated rings. The first-order chi connectivity index (χ1) is 8.68. The number of carboxylic acid groups (broad SMARTS) is 1. The van der Waals surface area contributed by atoms with E-state index in [1.807, 2.05) is 0 Å². The topological polar surface area (TPSA) is 72.6 Å². The Morgan fingerprint density at radius 2 is 1.95 bits per heavy atom. The van der Waals surface area contributed by atoms with E-state index in [0.717, 1.165) is 6.07 Å². The largest absolute Gasteiger partial charge is 0.573 e. The maximum atomic E-state index is 12.3. The minimum Gasteiger partial charge on any atom is -0.481 e. The van der Waals surface area contributed by atoms with E-state index in [1.165, 1.54) is 25.1 Å². The molecule has 1 unspecified atom stereocenters. The monoisotopic (exact) mass is 277 g/mol. The van der Waals surface area contributed by atoms with E-state index in [9.17, 15) is 18.0 Å². The molecule has 1 aromatic carbocycles. The molecule has 0 radical (unpaired) electrons. The highest BCUT2D eigenvalue weighted by molar-refractivity contribution is 5.69. The van der Waals surface area contributed by atoms with Gasteiger partial charge in [0.15, 0.2) is 0 Å². The molecule has 0 aliphatic rings. The summed E-state index contributed by atoms with van der Waals surface area (Å²) in [6.07, 6.45) is -5.23. The fourth-order valence-corrected chi connectivity index (χ4v) is 1.79. The fourth-order valence-electron chi connectivity index (χ4n) is 1.79. The number of nitrogens with two attached hydrogens (primary N) is 1. The van der Waals surface area contributed by atoms with Crippen LogP contribution in [0.25, 0.3) is 0 Å². The number of rotatable bonds is 5. The van der Waals surface area contributed by atoms with Crippen LogP contribution in [-0.2, 0) is 10.2 Å². The Labute approximate surface area is 108 Å². The maximum absolute atomic E-state index is 12.3. The van der Waals surface area contributed by atoms with Crippen LogP contribution in [0.3, 0.4) is 0 Å². The fraction of sp³-hybridized carbons (Fsp3) is 0.417. The first kappa shape index (κ1) is 15.3. The van der Waals surface area contributed by atoms with Gasteiger partial charge in [0.05, 0.1) is 6.42 Å². The Morgan fingerprint density at radius 3 is 2.42 bits per heavy atom. The minimum atomic E-state index is -4.84. The van der Waals surface area contributed by atoms with Gasteiger partial charge in [0.1, 0.15) is 5.75 Å². The number of benzene rings is 1. The number of aliphatic carboxylic acids is 1. The van der Waals surface area contributed by atoms with E-state index >= 15 is 0 Å². The minimum absolute atomic E-state index is 0.114. The molecule has 0 heterocycles. The molecule has 19 heavy (non-hydrogen) atoms. The highest BCUT2D eigenvalue weighted by Gasteiger charge is 2.36. The van der Waals surface area contributed by atoms with Gasteiger partial charge in [-0.05, 0) is 6.07 Å². The number of hydrogen-bond donors (Lipinski definition) is 2. The lowest BCUT2D eigenvalue weighted by Gasteiger charge is -2.28. The zero-order valence-electron chi connectivity index (χ0n) is 10.2. The van der Waals surface area contributed by atoms with Gasteiger partial charge >= 0.3 is 12.3 Å². The van der Waals surface area contributed by atoms with Crippen molar-refractivity contribution >= 4 is 5.97 Å². The average molecular weight is 277 g/mol. The van der Waals surface area contributed by atoms with Gasteiger partial charge in [0.2, 0.25) is 0 Å². The third kappa shape index (κ3) is 4.13. The molecule has 0 aliphatic carbocycles. The van der Waals surface area contributed by atoms with Crippen LogP contribution in [-0.4, -0.2) is 24.0 Å². The molecule has 0 aromatic heterocycles. The van der Waals surface area contributed by atoms with Crippen LogP contribution in [0.4, 0.5) is 13.2 Å². The third-order valence-corrected chi connectivity index (χ3v) is 2.75. The predicted molar refractivity (Wildman–Crippen MR) is 61.8 cm³/mol. The summed E-state index contributed by atoms with van der Waals surface area (Å²) in [6.45, 7) is 1.37. The van der Waals surface area contributed by atoms with Gasteiger partial charge in [-0.15, -0.1) is 13.2 Å². The van der Waals surface area contributed by atoms with Crippen molar-refractivity contribution in [3.63, 3.8) is 0 Å². The summed E-state index contributed by atoms with van der Waals surface area (Å²) >= 11 is 0. The van der Waals surface area contributed by atoms with Crippen LogP contribution in [0.15, 0.2) is 24.3 Å².